The zero-order valence-corrected chi connectivity index (χ0v) is 9.67. The van der Waals surface area contributed by atoms with E-state index in [0.717, 1.165) is 12.1 Å². The van der Waals surface area contributed by atoms with Gasteiger partial charge in [0, 0.05) is 6.07 Å². The predicted molar refractivity (Wildman–Crippen MR) is 59.3 cm³/mol. The molecule has 0 aromatic heterocycles. The van der Waals surface area contributed by atoms with Gasteiger partial charge in [-0.15, -0.1) is 0 Å². The molecule has 0 saturated heterocycles. The molecule has 0 atom stereocenters. The van der Waals surface area contributed by atoms with Crippen LogP contribution in [0.2, 0.25) is 0 Å². The Kier molecular flexibility index (Phi) is 4.55. The largest absolute Gasteiger partial charge is 0.497 e. The summed E-state index contributed by atoms with van der Waals surface area (Å²) in [6, 6.07) is 3.51. The number of methoxy groups -OCH3 is 1. The Morgan fingerprint density at radius 3 is 2.67 bits per heavy atom. The molecule has 0 unspecified atom stereocenters. The van der Waals surface area contributed by atoms with Crippen LogP contribution in [-0.4, -0.2) is 32.0 Å². The number of halogens is 3. The number of nitrogens with two attached hydrogens (primary N) is 1. The quantitative estimate of drug-likeness (QED) is 0.837. The van der Waals surface area contributed by atoms with Crippen molar-refractivity contribution in [3.05, 3.63) is 29.6 Å². The van der Waals surface area contributed by atoms with Gasteiger partial charge in [0.05, 0.1) is 25.8 Å². The third-order valence-electron chi connectivity index (χ3n) is 2.23. The molecule has 1 amide bonds. The van der Waals surface area contributed by atoms with Crippen molar-refractivity contribution in [1.29, 1.82) is 0 Å². The number of hydrogen-bond acceptors (Lipinski definition) is 3. The molecule has 1 rings (SSSR count). The van der Waals surface area contributed by atoms with Crippen LogP contribution in [-0.2, 0) is 0 Å². The number of rotatable bonds is 5. The molecular weight excluding hydrogens is 249 g/mol. The summed E-state index contributed by atoms with van der Waals surface area (Å²) in [6.07, 6.45) is 0. The number of alkyl halides is 2. The number of nitrogens with one attached hydrogen (secondary N) is 1. The van der Waals surface area contributed by atoms with Gasteiger partial charge in [-0.3, -0.25) is 4.79 Å². The molecule has 0 spiro atoms. The highest BCUT2D eigenvalue weighted by Gasteiger charge is 2.27. The molecular formula is C11H13F3N2O2. The van der Waals surface area contributed by atoms with E-state index in [2.05, 4.69) is 0 Å². The third kappa shape index (κ3) is 3.63. The fourth-order valence-electron chi connectivity index (χ4n) is 1.18. The lowest BCUT2D eigenvalue weighted by molar-refractivity contribution is 0.0118. The standard InChI is InChI=1S/C11H13F3N2O2/c1-18-7-2-3-8(9(12)4-7)10(17)16-6-11(13,14)5-15/h2-4H,5-6,15H2,1H3,(H,16,17). The number of amides is 1. The maximum absolute atomic E-state index is 13.4. The molecule has 0 bridgehead atoms. The van der Waals surface area contributed by atoms with Crippen molar-refractivity contribution in [3.8, 4) is 5.75 Å². The highest BCUT2D eigenvalue weighted by Crippen LogP contribution is 2.16. The van der Waals surface area contributed by atoms with Crippen LogP contribution in [0.3, 0.4) is 0 Å². The first-order valence-electron chi connectivity index (χ1n) is 5.09. The lowest BCUT2D eigenvalue weighted by atomic mass is 10.2. The Balaban J connectivity index is 2.73. The molecule has 0 heterocycles. The minimum atomic E-state index is -3.21. The zero-order chi connectivity index (χ0) is 13.8. The Bertz CT molecular complexity index is 438. The summed E-state index contributed by atoms with van der Waals surface area (Å²) >= 11 is 0. The lowest BCUT2D eigenvalue weighted by Gasteiger charge is -2.14. The van der Waals surface area contributed by atoms with Crippen molar-refractivity contribution in [3.63, 3.8) is 0 Å². The molecule has 0 fully saturated rings. The molecule has 18 heavy (non-hydrogen) atoms. The van der Waals surface area contributed by atoms with Gasteiger partial charge in [-0.2, -0.15) is 0 Å². The van der Waals surface area contributed by atoms with Gasteiger partial charge in [0.1, 0.15) is 11.6 Å². The van der Waals surface area contributed by atoms with Gasteiger partial charge in [0.15, 0.2) is 0 Å². The fourth-order valence-corrected chi connectivity index (χ4v) is 1.18. The number of carbonyl (C=O) groups is 1. The molecule has 0 aliphatic rings. The Morgan fingerprint density at radius 1 is 1.50 bits per heavy atom. The van der Waals surface area contributed by atoms with E-state index in [4.69, 9.17) is 10.5 Å². The number of carbonyl (C=O) groups excluding carboxylic acids is 1. The van der Waals surface area contributed by atoms with Crippen molar-refractivity contribution < 1.29 is 22.7 Å². The molecule has 0 aliphatic heterocycles. The van der Waals surface area contributed by atoms with Crippen LogP contribution in [0, 0.1) is 5.82 Å². The Hall–Kier alpha value is -1.76. The summed E-state index contributed by atoms with van der Waals surface area (Å²) in [6.45, 7) is -1.83. The number of hydrogen-bond donors (Lipinski definition) is 2. The van der Waals surface area contributed by atoms with Crippen LogP contribution in [0.15, 0.2) is 18.2 Å². The molecule has 3 N–H and O–H groups in total. The van der Waals surface area contributed by atoms with Crippen LogP contribution in [0.1, 0.15) is 10.4 Å². The van der Waals surface area contributed by atoms with E-state index < -0.39 is 30.7 Å². The summed E-state index contributed by atoms with van der Waals surface area (Å²) in [5, 5.41) is 1.92. The average Bonchev–Trinajstić information content (AvgIpc) is 2.36. The fraction of sp³-hybridized carbons (Fsp3) is 0.364. The van der Waals surface area contributed by atoms with Gasteiger partial charge in [-0.05, 0) is 12.1 Å². The normalized spacial score (nSPS) is 11.2. The highest BCUT2D eigenvalue weighted by molar-refractivity contribution is 5.94. The first-order valence-corrected chi connectivity index (χ1v) is 5.09. The number of ether oxygens (including phenoxy) is 1. The van der Waals surface area contributed by atoms with E-state index >= 15 is 0 Å². The van der Waals surface area contributed by atoms with Gasteiger partial charge in [-0.1, -0.05) is 0 Å². The van der Waals surface area contributed by atoms with Gasteiger partial charge < -0.3 is 15.8 Å². The van der Waals surface area contributed by atoms with Gasteiger partial charge >= 0.3 is 0 Å². The minimum absolute atomic E-state index is 0.233. The van der Waals surface area contributed by atoms with Crippen LogP contribution < -0.4 is 15.8 Å². The van der Waals surface area contributed by atoms with E-state index in [1.54, 1.807) is 0 Å². The maximum Gasteiger partial charge on any atom is 0.277 e. The minimum Gasteiger partial charge on any atom is -0.497 e. The lowest BCUT2D eigenvalue weighted by Crippen LogP contribution is -2.41. The average molecular weight is 262 g/mol. The molecule has 1 aromatic rings. The topological polar surface area (TPSA) is 64.3 Å². The van der Waals surface area contributed by atoms with Crippen LogP contribution in [0.4, 0.5) is 13.2 Å². The monoisotopic (exact) mass is 262 g/mol. The summed E-state index contributed by atoms with van der Waals surface area (Å²) in [5.74, 6) is -4.75. The third-order valence-corrected chi connectivity index (χ3v) is 2.23. The molecule has 4 nitrogen and oxygen atoms in total. The van der Waals surface area contributed by atoms with E-state index in [1.807, 2.05) is 5.32 Å². The second-order valence-electron chi connectivity index (χ2n) is 3.59. The number of benzene rings is 1. The van der Waals surface area contributed by atoms with Crippen molar-refractivity contribution in [1.82, 2.24) is 5.32 Å². The summed E-state index contributed by atoms with van der Waals surface area (Å²) < 4.78 is 43.8. The van der Waals surface area contributed by atoms with Gasteiger partial charge in [0.2, 0.25) is 0 Å². The summed E-state index contributed by atoms with van der Waals surface area (Å²) in [7, 11) is 1.34. The highest BCUT2D eigenvalue weighted by atomic mass is 19.3. The van der Waals surface area contributed by atoms with E-state index in [-0.39, 0.29) is 11.3 Å². The second kappa shape index (κ2) is 5.72. The summed E-state index contributed by atoms with van der Waals surface area (Å²) in [4.78, 5) is 11.5. The van der Waals surface area contributed by atoms with E-state index in [0.29, 0.717) is 0 Å². The second-order valence-corrected chi connectivity index (χ2v) is 3.59. The van der Waals surface area contributed by atoms with Crippen LogP contribution in [0.25, 0.3) is 0 Å². The molecule has 100 valence electrons. The van der Waals surface area contributed by atoms with E-state index in [1.165, 1.54) is 13.2 Å². The first kappa shape index (κ1) is 14.3. The van der Waals surface area contributed by atoms with Crippen molar-refractivity contribution in [2.24, 2.45) is 5.73 Å². The van der Waals surface area contributed by atoms with Gasteiger partial charge in [-0.25, -0.2) is 13.2 Å². The van der Waals surface area contributed by atoms with Crippen LogP contribution >= 0.6 is 0 Å². The maximum atomic E-state index is 13.4. The summed E-state index contributed by atoms with van der Waals surface area (Å²) in [5.41, 5.74) is 4.48. The smallest absolute Gasteiger partial charge is 0.277 e. The van der Waals surface area contributed by atoms with Crippen molar-refractivity contribution >= 4 is 5.91 Å². The first-order chi connectivity index (χ1) is 8.39. The molecule has 7 heteroatoms. The van der Waals surface area contributed by atoms with Crippen LogP contribution in [0.5, 0.6) is 5.75 Å². The van der Waals surface area contributed by atoms with Crippen molar-refractivity contribution in [2.45, 2.75) is 5.92 Å². The molecule has 1 aromatic carbocycles. The zero-order valence-electron chi connectivity index (χ0n) is 9.67. The Labute approximate surface area is 102 Å². The van der Waals surface area contributed by atoms with Gasteiger partial charge in [0.25, 0.3) is 11.8 Å². The SMILES string of the molecule is COc1ccc(C(=O)NCC(F)(F)CN)c(F)c1. The van der Waals surface area contributed by atoms with Crippen molar-refractivity contribution in [2.75, 3.05) is 20.2 Å². The molecule has 0 radical (unpaired) electrons. The van der Waals surface area contributed by atoms with E-state index in [9.17, 15) is 18.0 Å². The molecule has 0 saturated carbocycles. The molecule has 0 aliphatic carbocycles. The predicted octanol–water partition coefficient (Wildman–Crippen LogP) is 1.16. The Morgan fingerprint density at radius 2 is 2.17 bits per heavy atom.